The second kappa shape index (κ2) is 7.58. The van der Waals surface area contributed by atoms with Gasteiger partial charge in [-0.1, -0.05) is 0 Å². The number of piperazine rings is 1. The van der Waals surface area contributed by atoms with Crippen molar-refractivity contribution in [3.05, 3.63) is 24.2 Å². The third-order valence-corrected chi connectivity index (χ3v) is 4.61. The lowest BCUT2D eigenvalue weighted by Crippen LogP contribution is -2.52. The second-order valence-corrected chi connectivity index (χ2v) is 6.27. The van der Waals surface area contributed by atoms with E-state index in [-0.39, 0.29) is 30.2 Å². The van der Waals surface area contributed by atoms with E-state index in [4.69, 9.17) is 9.15 Å². The number of carbonyl (C=O) groups is 3. The van der Waals surface area contributed by atoms with Gasteiger partial charge >= 0.3 is 6.09 Å². The standard InChI is InChI=1S/C17H23N3O5/c1-2-24-17(23)19-7-5-18(6-8-19)16(22)13-10-15(21)20(11-13)12-14-4-3-9-25-14/h3-4,9,13H,2,5-8,10-12H2,1H3/t13-/m0/s1. The van der Waals surface area contributed by atoms with E-state index in [1.165, 1.54) is 0 Å². The highest BCUT2D eigenvalue weighted by molar-refractivity contribution is 5.89. The van der Waals surface area contributed by atoms with Crippen LogP contribution in [0, 0.1) is 5.92 Å². The van der Waals surface area contributed by atoms with Crippen LogP contribution in [0.2, 0.25) is 0 Å². The molecule has 0 unspecified atom stereocenters. The average molecular weight is 349 g/mol. The largest absolute Gasteiger partial charge is 0.467 e. The first-order valence-corrected chi connectivity index (χ1v) is 8.59. The lowest BCUT2D eigenvalue weighted by atomic mass is 10.1. The first-order valence-electron chi connectivity index (χ1n) is 8.59. The maximum atomic E-state index is 12.7. The number of carbonyl (C=O) groups excluding carboxylic acids is 3. The van der Waals surface area contributed by atoms with Crippen LogP contribution in [0.3, 0.4) is 0 Å². The van der Waals surface area contributed by atoms with E-state index < -0.39 is 0 Å². The molecule has 0 spiro atoms. The Kier molecular flexibility index (Phi) is 5.25. The van der Waals surface area contributed by atoms with Crippen LogP contribution >= 0.6 is 0 Å². The highest BCUT2D eigenvalue weighted by Gasteiger charge is 2.37. The summed E-state index contributed by atoms with van der Waals surface area (Å²) in [6.07, 6.45) is 1.47. The van der Waals surface area contributed by atoms with Gasteiger partial charge in [-0.25, -0.2) is 4.79 Å². The van der Waals surface area contributed by atoms with Crippen LogP contribution in [-0.4, -0.2) is 71.9 Å². The molecule has 2 aliphatic rings. The summed E-state index contributed by atoms with van der Waals surface area (Å²) in [5, 5.41) is 0. The highest BCUT2D eigenvalue weighted by atomic mass is 16.6. The Balaban J connectivity index is 1.50. The molecule has 1 aromatic heterocycles. The first-order chi connectivity index (χ1) is 12.1. The van der Waals surface area contributed by atoms with E-state index in [1.807, 2.05) is 6.07 Å². The maximum Gasteiger partial charge on any atom is 0.409 e. The van der Waals surface area contributed by atoms with Crippen molar-refractivity contribution < 1.29 is 23.5 Å². The molecule has 136 valence electrons. The SMILES string of the molecule is CCOC(=O)N1CCN(C(=O)[C@H]2CC(=O)N(Cc3ccco3)C2)CC1. The van der Waals surface area contributed by atoms with E-state index in [0.29, 0.717) is 51.6 Å². The Morgan fingerprint density at radius 2 is 1.96 bits per heavy atom. The molecule has 2 saturated heterocycles. The summed E-state index contributed by atoms with van der Waals surface area (Å²) < 4.78 is 10.2. The average Bonchev–Trinajstić information content (AvgIpc) is 3.25. The minimum atomic E-state index is -0.338. The minimum Gasteiger partial charge on any atom is -0.467 e. The normalized spacial score (nSPS) is 20.9. The summed E-state index contributed by atoms with van der Waals surface area (Å²) in [5.74, 6) is 0.347. The van der Waals surface area contributed by atoms with Crippen molar-refractivity contribution in [2.45, 2.75) is 19.9 Å². The van der Waals surface area contributed by atoms with Crippen molar-refractivity contribution in [3.8, 4) is 0 Å². The van der Waals surface area contributed by atoms with Crippen LogP contribution in [0.1, 0.15) is 19.1 Å². The Labute approximate surface area is 146 Å². The molecule has 1 aromatic rings. The summed E-state index contributed by atoms with van der Waals surface area (Å²) >= 11 is 0. The zero-order valence-electron chi connectivity index (χ0n) is 14.3. The monoisotopic (exact) mass is 349 g/mol. The molecule has 0 saturated carbocycles. The van der Waals surface area contributed by atoms with Crippen molar-refractivity contribution in [1.29, 1.82) is 0 Å². The van der Waals surface area contributed by atoms with Gasteiger partial charge in [-0.05, 0) is 19.1 Å². The second-order valence-electron chi connectivity index (χ2n) is 6.27. The lowest BCUT2D eigenvalue weighted by molar-refractivity contribution is -0.137. The molecule has 3 heterocycles. The van der Waals surface area contributed by atoms with Crippen molar-refractivity contribution in [2.75, 3.05) is 39.3 Å². The van der Waals surface area contributed by atoms with Crippen molar-refractivity contribution >= 4 is 17.9 Å². The fourth-order valence-electron chi connectivity index (χ4n) is 3.26. The smallest absolute Gasteiger partial charge is 0.409 e. The Morgan fingerprint density at radius 3 is 2.60 bits per heavy atom. The molecule has 0 radical (unpaired) electrons. The van der Waals surface area contributed by atoms with E-state index in [0.717, 1.165) is 0 Å². The van der Waals surface area contributed by atoms with Crippen molar-refractivity contribution in [2.24, 2.45) is 5.92 Å². The van der Waals surface area contributed by atoms with Crippen molar-refractivity contribution in [1.82, 2.24) is 14.7 Å². The van der Waals surface area contributed by atoms with E-state index >= 15 is 0 Å². The third-order valence-electron chi connectivity index (χ3n) is 4.61. The fourth-order valence-corrected chi connectivity index (χ4v) is 3.26. The van der Waals surface area contributed by atoms with E-state index in [1.54, 1.807) is 34.0 Å². The zero-order chi connectivity index (χ0) is 17.8. The predicted molar refractivity (Wildman–Crippen MR) is 87.4 cm³/mol. The molecule has 0 bridgehead atoms. The van der Waals surface area contributed by atoms with Gasteiger partial charge in [0.25, 0.3) is 0 Å². The quantitative estimate of drug-likeness (QED) is 0.807. The Morgan fingerprint density at radius 1 is 1.24 bits per heavy atom. The van der Waals surface area contributed by atoms with E-state index in [9.17, 15) is 14.4 Å². The number of furan rings is 1. The van der Waals surface area contributed by atoms with Gasteiger partial charge in [0.1, 0.15) is 5.76 Å². The summed E-state index contributed by atoms with van der Waals surface area (Å²) in [7, 11) is 0. The number of likely N-dealkylation sites (tertiary alicyclic amines) is 1. The predicted octanol–water partition coefficient (Wildman–Crippen LogP) is 0.929. The first kappa shape index (κ1) is 17.3. The number of amides is 3. The summed E-state index contributed by atoms with van der Waals surface area (Å²) in [6.45, 7) is 4.78. The van der Waals surface area contributed by atoms with Crippen LogP contribution in [0.5, 0.6) is 0 Å². The molecular weight excluding hydrogens is 326 g/mol. The van der Waals surface area contributed by atoms with Crippen LogP contribution < -0.4 is 0 Å². The number of nitrogens with zero attached hydrogens (tertiary/aromatic N) is 3. The molecule has 2 aliphatic heterocycles. The van der Waals surface area contributed by atoms with Crippen LogP contribution in [0.25, 0.3) is 0 Å². The van der Waals surface area contributed by atoms with E-state index in [2.05, 4.69) is 0 Å². The molecule has 3 amide bonds. The molecule has 0 aliphatic carbocycles. The van der Waals surface area contributed by atoms with Gasteiger partial charge in [0.05, 0.1) is 25.3 Å². The van der Waals surface area contributed by atoms with Crippen LogP contribution in [0.4, 0.5) is 4.79 Å². The molecule has 3 rings (SSSR count). The van der Waals surface area contributed by atoms with Crippen molar-refractivity contribution in [3.63, 3.8) is 0 Å². The topological polar surface area (TPSA) is 83.3 Å². The summed E-state index contributed by atoms with van der Waals surface area (Å²) in [6, 6.07) is 3.60. The zero-order valence-corrected chi connectivity index (χ0v) is 14.3. The number of ether oxygens (including phenoxy) is 1. The molecule has 25 heavy (non-hydrogen) atoms. The third kappa shape index (κ3) is 3.94. The van der Waals surface area contributed by atoms with Gasteiger partial charge in [-0.15, -0.1) is 0 Å². The van der Waals surface area contributed by atoms with Gasteiger partial charge in [-0.2, -0.15) is 0 Å². The van der Waals surface area contributed by atoms with Gasteiger partial charge in [0, 0.05) is 39.1 Å². The number of hydrogen-bond acceptors (Lipinski definition) is 5. The summed E-state index contributed by atoms with van der Waals surface area (Å²) in [5.41, 5.74) is 0. The molecular formula is C17H23N3O5. The molecule has 8 nitrogen and oxygen atoms in total. The van der Waals surface area contributed by atoms with Gasteiger partial charge in [0.15, 0.2) is 0 Å². The molecule has 8 heteroatoms. The number of rotatable bonds is 4. The van der Waals surface area contributed by atoms with Gasteiger partial charge in [0.2, 0.25) is 11.8 Å². The molecule has 0 aromatic carbocycles. The highest BCUT2D eigenvalue weighted by Crippen LogP contribution is 2.23. The van der Waals surface area contributed by atoms with Crippen LogP contribution in [-0.2, 0) is 20.9 Å². The fraction of sp³-hybridized carbons (Fsp3) is 0.588. The van der Waals surface area contributed by atoms with Gasteiger partial charge < -0.3 is 23.9 Å². The molecule has 1 atom stereocenters. The maximum absolute atomic E-state index is 12.7. The Bertz CT molecular complexity index is 622. The number of hydrogen-bond donors (Lipinski definition) is 0. The minimum absolute atomic E-state index is 0.0150. The molecule has 0 N–H and O–H groups in total. The van der Waals surface area contributed by atoms with Crippen LogP contribution in [0.15, 0.2) is 22.8 Å². The lowest BCUT2D eigenvalue weighted by Gasteiger charge is -2.35. The molecule has 2 fully saturated rings. The summed E-state index contributed by atoms with van der Waals surface area (Å²) in [4.78, 5) is 41.6. The van der Waals surface area contributed by atoms with Gasteiger partial charge in [-0.3, -0.25) is 9.59 Å². The Hall–Kier alpha value is -2.51.